The van der Waals surface area contributed by atoms with Gasteiger partial charge in [0.05, 0.1) is 30.7 Å². The normalized spacial score (nSPS) is 25.6. The van der Waals surface area contributed by atoms with Gasteiger partial charge in [0.2, 0.25) is 5.91 Å². The number of carbonyl (C=O) groups is 2. The Kier molecular flexibility index (Phi) is 7.70. The van der Waals surface area contributed by atoms with Crippen molar-refractivity contribution in [3.05, 3.63) is 35.9 Å². The number of piperidine rings is 1. The maximum absolute atomic E-state index is 12.9. The summed E-state index contributed by atoms with van der Waals surface area (Å²) in [6.45, 7) is 2.33. The molecule has 2 heterocycles. The lowest BCUT2D eigenvalue weighted by molar-refractivity contribution is -0.208. The van der Waals surface area contributed by atoms with Crippen molar-refractivity contribution < 1.29 is 28.9 Å². The lowest BCUT2D eigenvalue weighted by atomic mass is 9.84. The van der Waals surface area contributed by atoms with Crippen LogP contribution in [0.15, 0.2) is 30.3 Å². The van der Waals surface area contributed by atoms with Crippen molar-refractivity contribution in [2.45, 2.75) is 62.7 Å². The maximum Gasteiger partial charge on any atom is 0.410 e. The van der Waals surface area contributed by atoms with Gasteiger partial charge in [-0.2, -0.15) is 0 Å². The van der Waals surface area contributed by atoms with Crippen molar-refractivity contribution in [3.63, 3.8) is 0 Å². The average molecular weight is 511 g/mol. The van der Waals surface area contributed by atoms with E-state index >= 15 is 0 Å². The molecule has 0 aromatic heterocycles. The van der Waals surface area contributed by atoms with E-state index in [9.17, 15) is 14.7 Å². The van der Waals surface area contributed by atoms with Crippen LogP contribution in [0.1, 0.15) is 37.7 Å². The molecule has 1 spiro atoms. The fourth-order valence-corrected chi connectivity index (χ4v) is 5.31. The van der Waals surface area contributed by atoms with Gasteiger partial charge in [-0.25, -0.2) is 4.79 Å². The first-order valence-corrected chi connectivity index (χ1v) is 12.4. The van der Waals surface area contributed by atoms with E-state index in [1.165, 1.54) is 0 Å². The summed E-state index contributed by atoms with van der Waals surface area (Å²) in [5.41, 5.74) is 0.946. The molecular formula is C23H31BrN2O6. The number of halogens is 1. The van der Waals surface area contributed by atoms with Crippen LogP contribution < -0.4 is 0 Å². The molecule has 1 aliphatic carbocycles. The highest BCUT2D eigenvalue weighted by Gasteiger charge is 2.49. The Balaban J connectivity index is 1.36. The van der Waals surface area contributed by atoms with E-state index in [0.29, 0.717) is 58.4 Å². The predicted octanol–water partition coefficient (Wildman–Crippen LogP) is 2.67. The average Bonchev–Trinajstić information content (AvgIpc) is 3.29. The summed E-state index contributed by atoms with van der Waals surface area (Å²) in [4.78, 5) is 28.9. The van der Waals surface area contributed by atoms with E-state index in [4.69, 9.17) is 14.2 Å². The third-order valence-electron chi connectivity index (χ3n) is 6.68. The molecule has 3 aliphatic rings. The van der Waals surface area contributed by atoms with Gasteiger partial charge in [0.15, 0.2) is 5.79 Å². The van der Waals surface area contributed by atoms with Crippen LogP contribution in [-0.2, 0) is 25.6 Å². The molecule has 1 saturated carbocycles. The molecule has 0 radical (unpaired) electrons. The zero-order valence-electron chi connectivity index (χ0n) is 18.2. The summed E-state index contributed by atoms with van der Waals surface area (Å²) in [5, 5.41) is 11.0. The molecule has 2 amide bonds. The Labute approximate surface area is 196 Å². The summed E-state index contributed by atoms with van der Waals surface area (Å²) in [7, 11) is 0. The molecule has 2 atom stereocenters. The number of rotatable bonds is 5. The Hall–Kier alpha value is -1.68. The van der Waals surface area contributed by atoms with Gasteiger partial charge in [0.25, 0.3) is 0 Å². The first-order valence-electron chi connectivity index (χ1n) is 11.3. The molecule has 2 unspecified atom stereocenters. The zero-order valence-corrected chi connectivity index (χ0v) is 19.7. The lowest BCUT2D eigenvalue weighted by Gasteiger charge is -2.48. The van der Waals surface area contributed by atoms with E-state index in [1.54, 1.807) is 4.90 Å². The smallest absolute Gasteiger partial charge is 0.410 e. The highest BCUT2D eigenvalue weighted by atomic mass is 79.9. The molecule has 3 fully saturated rings. The van der Waals surface area contributed by atoms with Crippen LogP contribution in [0.2, 0.25) is 0 Å². The van der Waals surface area contributed by atoms with Crippen LogP contribution in [0.3, 0.4) is 0 Å². The number of ether oxygens (including phenoxy) is 3. The molecule has 176 valence electrons. The summed E-state index contributed by atoms with van der Waals surface area (Å²) >= 11 is 3.30. The van der Waals surface area contributed by atoms with Crippen molar-refractivity contribution in [2.24, 2.45) is 0 Å². The molecule has 1 aromatic carbocycles. The molecular weight excluding hydrogens is 480 g/mol. The summed E-state index contributed by atoms with van der Waals surface area (Å²) in [5.74, 6) is -0.759. The highest BCUT2D eigenvalue weighted by Crippen LogP contribution is 2.39. The molecule has 2 saturated heterocycles. The standard InChI is InChI=1S/C23H31BrN2O6/c24-15-21(28)26(19-14-23(9-6-20(19)27)31-12-13-32-23)18-7-10-25(11-8-18)22(29)30-16-17-4-2-1-3-5-17/h1-5,18-20,27H,6-16H2. The second kappa shape index (κ2) is 10.5. The van der Waals surface area contributed by atoms with Gasteiger partial charge < -0.3 is 29.1 Å². The Morgan fingerprint density at radius 1 is 1.16 bits per heavy atom. The van der Waals surface area contributed by atoms with Crippen LogP contribution in [0, 0.1) is 0 Å². The van der Waals surface area contributed by atoms with Crippen molar-refractivity contribution in [2.75, 3.05) is 31.6 Å². The Morgan fingerprint density at radius 2 is 1.84 bits per heavy atom. The van der Waals surface area contributed by atoms with Gasteiger partial charge in [-0.3, -0.25) is 4.79 Å². The van der Waals surface area contributed by atoms with E-state index < -0.39 is 11.9 Å². The molecule has 9 heteroatoms. The van der Waals surface area contributed by atoms with Crippen LogP contribution in [-0.4, -0.2) is 82.5 Å². The van der Waals surface area contributed by atoms with Gasteiger partial charge in [0, 0.05) is 32.0 Å². The van der Waals surface area contributed by atoms with Crippen LogP contribution >= 0.6 is 15.9 Å². The van der Waals surface area contributed by atoms with Gasteiger partial charge in [-0.1, -0.05) is 46.3 Å². The summed E-state index contributed by atoms with van der Waals surface area (Å²) in [6.07, 6.45) is 1.94. The van der Waals surface area contributed by atoms with Crippen molar-refractivity contribution in [1.29, 1.82) is 0 Å². The number of hydrogen-bond donors (Lipinski definition) is 1. The SMILES string of the molecule is O=C(OCc1ccccc1)N1CCC(N(C(=O)CBr)C2CC3(CCC2O)OCCO3)CC1. The third kappa shape index (κ3) is 5.27. The van der Waals surface area contributed by atoms with Crippen LogP contribution in [0.4, 0.5) is 4.79 Å². The maximum atomic E-state index is 12.9. The first kappa shape index (κ1) is 23.5. The number of hydrogen-bond acceptors (Lipinski definition) is 6. The summed E-state index contributed by atoms with van der Waals surface area (Å²) in [6, 6.07) is 9.16. The molecule has 8 nitrogen and oxygen atoms in total. The Morgan fingerprint density at radius 3 is 2.50 bits per heavy atom. The number of aliphatic hydroxyl groups is 1. The minimum absolute atomic E-state index is 0.0607. The fourth-order valence-electron chi connectivity index (χ4n) is 5.03. The number of nitrogens with zero attached hydrogens (tertiary/aromatic N) is 2. The van der Waals surface area contributed by atoms with Crippen molar-refractivity contribution in [3.8, 4) is 0 Å². The minimum atomic E-state index is -0.698. The lowest BCUT2D eigenvalue weighted by Crippen LogP contribution is -2.60. The number of amides is 2. The van der Waals surface area contributed by atoms with E-state index in [0.717, 1.165) is 5.56 Å². The highest BCUT2D eigenvalue weighted by molar-refractivity contribution is 9.09. The van der Waals surface area contributed by atoms with E-state index in [2.05, 4.69) is 15.9 Å². The molecule has 4 rings (SSSR count). The second-order valence-corrected chi connectivity index (χ2v) is 9.24. The molecule has 1 N–H and O–H groups in total. The fraction of sp³-hybridized carbons (Fsp3) is 0.652. The monoisotopic (exact) mass is 510 g/mol. The number of likely N-dealkylation sites (tertiary alicyclic amines) is 1. The van der Waals surface area contributed by atoms with Gasteiger partial charge in [-0.05, 0) is 24.8 Å². The van der Waals surface area contributed by atoms with Gasteiger partial charge in [-0.15, -0.1) is 0 Å². The first-order chi connectivity index (χ1) is 15.5. The molecule has 1 aromatic rings. The zero-order chi connectivity index (χ0) is 22.6. The van der Waals surface area contributed by atoms with E-state index in [-0.39, 0.29) is 36.0 Å². The van der Waals surface area contributed by atoms with Crippen molar-refractivity contribution in [1.82, 2.24) is 9.80 Å². The van der Waals surface area contributed by atoms with Gasteiger partial charge >= 0.3 is 6.09 Å². The second-order valence-electron chi connectivity index (χ2n) is 8.68. The number of benzene rings is 1. The third-order valence-corrected chi connectivity index (χ3v) is 7.16. The van der Waals surface area contributed by atoms with Crippen LogP contribution in [0.25, 0.3) is 0 Å². The molecule has 2 aliphatic heterocycles. The number of carbonyl (C=O) groups excluding carboxylic acids is 2. The van der Waals surface area contributed by atoms with Crippen LogP contribution in [0.5, 0.6) is 0 Å². The largest absolute Gasteiger partial charge is 0.445 e. The molecule has 0 bridgehead atoms. The number of alkyl halides is 1. The topological polar surface area (TPSA) is 88.5 Å². The quantitative estimate of drug-likeness (QED) is 0.612. The van der Waals surface area contributed by atoms with Gasteiger partial charge in [0.1, 0.15) is 6.61 Å². The molecule has 32 heavy (non-hydrogen) atoms. The Bertz CT molecular complexity index is 780. The predicted molar refractivity (Wildman–Crippen MR) is 120 cm³/mol. The summed E-state index contributed by atoms with van der Waals surface area (Å²) < 4.78 is 17.2. The van der Waals surface area contributed by atoms with Crippen molar-refractivity contribution >= 4 is 27.9 Å². The van der Waals surface area contributed by atoms with E-state index in [1.807, 2.05) is 35.2 Å². The number of aliphatic hydroxyl groups excluding tert-OH is 1. The minimum Gasteiger partial charge on any atom is -0.445 e.